The SMILES string of the molecule is Cc1c[c-]c(-c2cc(C)c(C)cn2)cc1.Cc1ccc2ccc(-c3cc(-c4[c-]ccc5c4oc4nc(C)ccc45)ncc3C)cc2c1.[Ir]. The molecule has 4 aromatic heterocycles. The van der Waals surface area contributed by atoms with Gasteiger partial charge in [0.05, 0.1) is 5.58 Å². The quantitative estimate of drug-likeness (QED) is 0.167. The van der Waals surface area contributed by atoms with Gasteiger partial charge in [-0.2, -0.15) is 0 Å². The van der Waals surface area contributed by atoms with Crippen LogP contribution < -0.4 is 0 Å². The monoisotopic (exact) mass is 802 g/mol. The number of benzene rings is 4. The molecule has 48 heavy (non-hydrogen) atoms. The number of rotatable bonds is 3. The molecule has 0 amide bonds. The summed E-state index contributed by atoms with van der Waals surface area (Å²) in [5.41, 5.74) is 14.6. The predicted molar refractivity (Wildman–Crippen MR) is 193 cm³/mol. The zero-order chi connectivity index (χ0) is 32.7. The van der Waals surface area contributed by atoms with Crippen molar-refractivity contribution < 1.29 is 24.5 Å². The van der Waals surface area contributed by atoms with Crippen LogP contribution in [0.1, 0.15) is 33.5 Å². The van der Waals surface area contributed by atoms with Gasteiger partial charge in [-0.25, -0.2) is 4.98 Å². The van der Waals surface area contributed by atoms with E-state index in [1.165, 1.54) is 38.6 Å². The zero-order valence-corrected chi connectivity index (χ0v) is 30.3. The Morgan fingerprint density at radius 3 is 2.17 bits per heavy atom. The third-order valence-electron chi connectivity index (χ3n) is 8.72. The van der Waals surface area contributed by atoms with Gasteiger partial charge < -0.3 is 14.4 Å². The fourth-order valence-corrected chi connectivity index (χ4v) is 5.84. The second kappa shape index (κ2) is 13.6. The molecular formula is C43H35IrN3O-2. The molecule has 0 bridgehead atoms. The van der Waals surface area contributed by atoms with Crippen LogP contribution in [0.25, 0.3) is 66.5 Å². The zero-order valence-electron chi connectivity index (χ0n) is 27.9. The van der Waals surface area contributed by atoms with Gasteiger partial charge >= 0.3 is 0 Å². The summed E-state index contributed by atoms with van der Waals surface area (Å²) in [6.07, 6.45) is 3.85. The molecule has 0 fully saturated rings. The fourth-order valence-electron chi connectivity index (χ4n) is 5.84. The number of pyridine rings is 3. The summed E-state index contributed by atoms with van der Waals surface area (Å²) in [5.74, 6) is 0. The molecule has 1 radical (unpaired) electrons. The molecule has 0 saturated carbocycles. The molecule has 0 unspecified atom stereocenters. The average Bonchev–Trinajstić information content (AvgIpc) is 3.44. The van der Waals surface area contributed by atoms with Crippen molar-refractivity contribution in [2.45, 2.75) is 41.5 Å². The molecule has 4 heterocycles. The van der Waals surface area contributed by atoms with Crippen molar-refractivity contribution in [3.63, 3.8) is 0 Å². The van der Waals surface area contributed by atoms with Crippen LogP contribution in [-0.2, 0) is 20.1 Å². The maximum atomic E-state index is 6.18. The summed E-state index contributed by atoms with van der Waals surface area (Å²) < 4.78 is 6.18. The van der Waals surface area contributed by atoms with E-state index in [4.69, 9.17) is 9.40 Å². The number of nitrogens with zero attached hydrogens (tertiary/aromatic N) is 3. The number of hydrogen-bond acceptors (Lipinski definition) is 4. The van der Waals surface area contributed by atoms with Crippen LogP contribution in [0.2, 0.25) is 0 Å². The van der Waals surface area contributed by atoms with E-state index in [9.17, 15) is 0 Å². The molecule has 0 aliphatic rings. The minimum atomic E-state index is 0. The van der Waals surface area contributed by atoms with Gasteiger partial charge in [-0.05, 0) is 97.2 Å². The summed E-state index contributed by atoms with van der Waals surface area (Å²) in [6, 6.07) is 38.2. The van der Waals surface area contributed by atoms with Gasteiger partial charge in [0.2, 0.25) is 5.71 Å². The van der Waals surface area contributed by atoms with Crippen LogP contribution in [0.4, 0.5) is 0 Å². The summed E-state index contributed by atoms with van der Waals surface area (Å²) in [5, 5.41) is 4.53. The minimum Gasteiger partial charge on any atom is -0.486 e. The Morgan fingerprint density at radius 2 is 1.38 bits per heavy atom. The van der Waals surface area contributed by atoms with Gasteiger partial charge in [-0.15, -0.1) is 53.6 Å². The number of aromatic nitrogens is 3. The normalized spacial score (nSPS) is 11.0. The molecule has 0 aliphatic heterocycles. The van der Waals surface area contributed by atoms with Crippen molar-refractivity contribution in [2.75, 3.05) is 0 Å². The number of hydrogen-bond donors (Lipinski definition) is 0. The molecule has 5 heteroatoms. The van der Waals surface area contributed by atoms with Gasteiger partial charge in [-0.1, -0.05) is 71.5 Å². The molecule has 4 nitrogen and oxygen atoms in total. The molecule has 4 aromatic carbocycles. The number of aryl methyl sites for hydroxylation is 6. The van der Waals surface area contributed by atoms with Crippen molar-refractivity contribution in [1.29, 1.82) is 0 Å². The maximum absolute atomic E-state index is 6.18. The van der Waals surface area contributed by atoms with Crippen molar-refractivity contribution >= 4 is 32.8 Å². The predicted octanol–water partition coefficient (Wildman–Crippen LogP) is 11.1. The Kier molecular flexibility index (Phi) is 9.37. The summed E-state index contributed by atoms with van der Waals surface area (Å²) in [7, 11) is 0. The second-order valence-corrected chi connectivity index (χ2v) is 12.4. The Labute approximate surface area is 295 Å². The first-order valence-electron chi connectivity index (χ1n) is 15.8. The van der Waals surface area contributed by atoms with Crippen LogP contribution >= 0.6 is 0 Å². The molecule has 0 N–H and O–H groups in total. The van der Waals surface area contributed by atoms with Crippen LogP contribution in [0.3, 0.4) is 0 Å². The maximum Gasteiger partial charge on any atom is 0.216 e. The Morgan fingerprint density at radius 1 is 0.604 bits per heavy atom. The smallest absolute Gasteiger partial charge is 0.216 e. The van der Waals surface area contributed by atoms with Crippen LogP contribution in [0.15, 0.2) is 108 Å². The Hall–Kier alpha value is -4.96. The molecule has 0 saturated heterocycles. The fraction of sp³-hybridized carbons (Fsp3) is 0.140. The van der Waals surface area contributed by atoms with E-state index >= 15 is 0 Å². The van der Waals surface area contributed by atoms with Gasteiger partial charge in [0, 0.05) is 43.6 Å². The number of fused-ring (bicyclic) bond motifs is 4. The third kappa shape index (κ3) is 6.57. The first kappa shape index (κ1) is 33.0. The van der Waals surface area contributed by atoms with Crippen molar-refractivity contribution in [2.24, 2.45) is 0 Å². The van der Waals surface area contributed by atoms with Gasteiger partial charge in [-0.3, -0.25) is 0 Å². The summed E-state index contributed by atoms with van der Waals surface area (Å²) in [6.45, 7) is 12.4. The van der Waals surface area contributed by atoms with E-state index in [1.54, 1.807) is 0 Å². The first-order chi connectivity index (χ1) is 22.7. The summed E-state index contributed by atoms with van der Waals surface area (Å²) >= 11 is 0. The third-order valence-corrected chi connectivity index (χ3v) is 8.72. The van der Waals surface area contributed by atoms with E-state index in [2.05, 4.69) is 123 Å². The summed E-state index contributed by atoms with van der Waals surface area (Å²) in [4.78, 5) is 13.7. The standard InChI is InChI=1S/C29H21N2O.C14H14N.Ir/c1-17-7-9-20-10-11-21(14-22(20)13-17)26-15-27(30-16-18(26)2)25-6-4-5-23-24-12-8-19(3)31-29(24)32-28(23)25;1-10-4-6-13(7-5-10)14-8-11(2)12(3)9-15-14;/h4-5,7-16H,1-3H3;4-6,8-9H,1-3H3;/q2*-1;. The van der Waals surface area contributed by atoms with E-state index in [0.717, 1.165) is 55.7 Å². The van der Waals surface area contributed by atoms with Crippen molar-refractivity contribution in [3.05, 3.63) is 149 Å². The first-order valence-corrected chi connectivity index (χ1v) is 15.8. The Bertz CT molecular complexity index is 2430. The van der Waals surface area contributed by atoms with Gasteiger partial charge in [0.1, 0.15) is 0 Å². The van der Waals surface area contributed by atoms with Gasteiger partial charge in [0.15, 0.2) is 0 Å². The molecule has 8 rings (SSSR count). The second-order valence-electron chi connectivity index (χ2n) is 12.4. The average molecular weight is 802 g/mol. The van der Waals surface area contributed by atoms with Crippen molar-refractivity contribution in [1.82, 2.24) is 15.0 Å². The topological polar surface area (TPSA) is 51.8 Å². The van der Waals surface area contributed by atoms with E-state index in [0.29, 0.717) is 5.71 Å². The van der Waals surface area contributed by atoms with Crippen LogP contribution in [-0.4, -0.2) is 15.0 Å². The molecule has 239 valence electrons. The largest absolute Gasteiger partial charge is 0.486 e. The van der Waals surface area contributed by atoms with Gasteiger partial charge in [0.25, 0.3) is 0 Å². The van der Waals surface area contributed by atoms with E-state index in [1.807, 2.05) is 43.6 Å². The molecular weight excluding hydrogens is 767 g/mol. The molecule has 8 aromatic rings. The molecule has 0 aliphatic carbocycles. The minimum absolute atomic E-state index is 0. The number of furan rings is 1. The molecule has 0 spiro atoms. The Balaban J connectivity index is 0.000000212. The van der Waals surface area contributed by atoms with Crippen LogP contribution in [0.5, 0.6) is 0 Å². The van der Waals surface area contributed by atoms with Crippen molar-refractivity contribution in [3.8, 4) is 33.6 Å². The van der Waals surface area contributed by atoms with Crippen LogP contribution in [0, 0.1) is 53.7 Å². The van der Waals surface area contributed by atoms with E-state index < -0.39 is 0 Å². The van der Waals surface area contributed by atoms with E-state index in [-0.39, 0.29) is 20.1 Å². The molecule has 0 atom stereocenters.